The van der Waals surface area contributed by atoms with Crippen molar-refractivity contribution in [3.63, 3.8) is 0 Å². The van der Waals surface area contributed by atoms with Crippen molar-refractivity contribution < 1.29 is 4.79 Å². The number of thiazole rings is 1. The molecule has 2 heterocycles. The number of amides is 1. The van der Waals surface area contributed by atoms with Gasteiger partial charge in [-0.3, -0.25) is 4.79 Å². The Morgan fingerprint density at radius 2 is 2.14 bits per heavy atom. The Balaban J connectivity index is 0.00000200. The van der Waals surface area contributed by atoms with Crippen molar-refractivity contribution in [2.24, 2.45) is 5.73 Å². The summed E-state index contributed by atoms with van der Waals surface area (Å²) in [7, 11) is 0. The van der Waals surface area contributed by atoms with Gasteiger partial charge in [-0.25, -0.2) is 4.98 Å². The smallest absolute Gasteiger partial charge is 0.228 e. The summed E-state index contributed by atoms with van der Waals surface area (Å²) in [6, 6.07) is 0.230. The second kappa shape index (κ2) is 8.32. The molecule has 1 aliphatic rings. The number of rotatable bonds is 3. The van der Waals surface area contributed by atoms with E-state index in [1.54, 1.807) is 11.3 Å². The van der Waals surface area contributed by atoms with E-state index in [0.29, 0.717) is 13.0 Å². The summed E-state index contributed by atoms with van der Waals surface area (Å²) in [6.45, 7) is 7.83. The molecule has 2 N–H and O–H groups in total. The second-order valence-electron chi connectivity index (χ2n) is 6.19. The number of hydrogen-bond donors (Lipinski definition) is 1. The van der Waals surface area contributed by atoms with Crippen LogP contribution >= 0.6 is 36.2 Å². The van der Waals surface area contributed by atoms with E-state index in [2.05, 4.69) is 25.8 Å². The maximum Gasteiger partial charge on any atom is 0.228 e. The number of halogens is 2. The molecule has 1 atom stereocenters. The van der Waals surface area contributed by atoms with Crippen LogP contribution in [0.5, 0.6) is 0 Å². The van der Waals surface area contributed by atoms with E-state index in [4.69, 9.17) is 5.73 Å². The third-order valence-corrected chi connectivity index (χ3v) is 4.81. The van der Waals surface area contributed by atoms with Crippen molar-refractivity contribution in [3.8, 4) is 0 Å². The molecule has 122 valence electrons. The van der Waals surface area contributed by atoms with Crippen LogP contribution in [0.3, 0.4) is 0 Å². The zero-order valence-electron chi connectivity index (χ0n) is 12.8. The number of nitrogens with two attached hydrogens (primary N) is 1. The molecule has 0 saturated carbocycles. The maximum atomic E-state index is 12.3. The molecule has 0 bridgehead atoms. The monoisotopic (exact) mass is 353 g/mol. The minimum Gasteiger partial charge on any atom is -0.338 e. The number of hydrogen-bond acceptors (Lipinski definition) is 4. The molecule has 21 heavy (non-hydrogen) atoms. The molecule has 0 aliphatic carbocycles. The maximum absolute atomic E-state index is 12.3. The number of nitrogens with zero attached hydrogens (tertiary/aromatic N) is 2. The first kappa shape index (κ1) is 20.6. The van der Waals surface area contributed by atoms with Gasteiger partial charge in [0.15, 0.2) is 0 Å². The molecule has 0 aromatic carbocycles. The first-order valence-electron chi connectivity index (χ1n) is 6.86. The van der Waals surface area contributed by atoms with Gasteiger partial charge in [-0.15, -0.1) is 36.2 Å². The summed E-state index contributed by atoms with van der Waals surface area (Å²) in [6.07, 6.45) is 2.51. The number of carbonyl (C=O) groups excluding carboxylic acids is 1. The van der Waals surface area contributed by atoms with Gasteiger partial charge >= 0.3 is 0 Å². The van der Waals surface area contributed by atoms with Gasteiger partial charge in [-0.05, 0) is 12.8 Å². The molecule has 1 fully saturated rings. The van der Waals surface area contributed by atoms with Crippen LogP contribution in [0, 0.1) is 0 Å². The SMILES string of the molecule is CC(C)(C)c1nc(CC(=O)N2CCCC2CN)cs1.Cl.Cl. The lowest BCUT2D eigenvalue weighted by molar-refractivity contribution is -0.131. The zero-order valence-corrected chi connectivity index (χ0v) is 15.2. The van der Waals surface area contributed by atoms with Crippen molar-refractivity contribution in [3.05, 3.63) is 16.1 Å². The number of carbonyl (C=O) groups is 1. The minimum atomic E-state index is 0. The zero-order chi connectivity index (χ0) is 14.0. The van der Waals surface area contributed by atoms with Gasteiger partial charge in [0.1, 0.15) is 0 Å². The summed E-state index contributed by atoms with van der Waals surface area (Å²) < 4.78 is 0. The fourth-order valence-corrected chi connectivity index (χ4v) is 3.31. The van der Waals surface area contributed by atoms with Gasteiger partial charge in [0, 0.05) is 29.9 Å². The van der Waals surface area contributed by atoms with Crippen LogP contribution in [0.4, 0.5) is 0 Å². The van der Waals surface area contributed by atoms with Crippen LogP contribution in [0.15, 0.2) is 5.38 Å². The summed E-state index contributed by atoms with van der Waals surface area (Å²) in [4.78, 5) is 18.8. The fraction of sp³-hybridized carbons (Fsp3) is 0.714. The van der Waals surface area contributed by atoms with E-state index in [1.165, 1.54) is 0 Å². The van der Waals surface area contributed by atoms with Gasteiger partial charge in [-0.2, -0.15) is 0 Å². The molecule has 1 aromatic rings. The lowest BCUT2D eigenvalue weighted by Crippen LogP contribution is -2.40. The van der Waals surface area contributed by atoms with Crippen LogP contribution in [0.25, 0.3) is 0 Å². The average molecular weight is 354 g/mol. The Kier molecular flexibility index (Phi) is 8.18. The van der Waals surface area contributed by atoms with Crippen molar-refractivity contribution >= 4 is 42.1 Å². The molecule has 1 saturated heterocycles. The Morgan fingerprint density at radius 1 is 1.48 bits per heavy atom. The number of aromatic nitrogens is 1. The van der Waals surface area contributed by atoms with E-state index in [9.17, 15) is 4.79 Å². The van der Waals surface area contributed by atoms with E-state index in [-0.39, 0.29) is 42.2 Å². The highest BCUT2D eigenvalue weighted by atomic mass is 35.5. The summed E-state index contributed by atoms with van der Waals surface area (Å²) in [5.41, 5.74) is 6.66. The lowest BCUT2D eigenvalue weighted by Gasteiger charge is -2.23. The predicted molar refractivity (Wildman–Crippen MR) is 92.8 cm³/mol. The van der Waals surface area contributed by atoms with Crippen molar-refractivity contribution in [2.75, 3.05) is 13.1 Å². The van der Waals surface area contributed by atoms with Gasteiger partial charge in [0.2, 0.25) is 5.91 Å². The van der Waals surface area contributed by atoms with E-state index < -0.39 is 0 Å². The molecule has 1 amide bonds. The summed E-state index contributed by atoms with van der Waals surface area (Å²) in [5, 5.41) is 3.10. The van der Waals surface area contributed by atoms with Crippen molar-refractivity contribution in [1.29, 1.82) is 0 Å². The van der Waals surface area contributed by atoms with Crippen LogP contribution < -0.4 is 5.73 Å². The topological polar surface area (TPSA) is 59.2 Å². The Hall–Kier alpha value is -0.360. The van der Waals surface area contributed by atoms with Gasteiger partial charge in [-0.1, -0.05) is 20.8 Å². The average Bonchev–Trinajstić information content (AvgIpc) is 2.95. The van der Waals surface area contributed by atoms with Crippen molar-refractivity contribution in [2.45, 2.75) is 51.5 Å². The quantitative estimate of drug-likeness (QED) is 0.908. The second-order valence-corrected chi connectivity index (χ2v) is 7.05. The van der Waals surface area contributed by atoms with E-state index in [0.717, 1.165) is 30.1 Å². The third-order valence-electron chi connectivity index (χ3n) is 3.50. The molecule has 7 heteroatoms. The number of likely N-dealkylation sites (tertiary alicyclic amines) is 1. The third kappa shape index (κ3) is 5.09. The Morgan fingerprint density at radius 3 is 2.67 bits per heavy atom. The Labute approximate surface area is 143 Å². The molecule has 4 nitrogen and oxygen atoms in total. The van der Waals surface area contributed by atoms with Crippen LogP contribution in [-0.2, 0) is 16.6 Å². The normalized spacial score (nSPS) is 18.1. The van der Waals surface area contributed by atoms with Crippen LogP contribution in [0.2, 0.25) is 0 Å². The minimum absolute atomic E-state index is 0. The summed E-state index contributed by atoms with van der Waals surface area (Å²) in [5.74, 6) is 0.165. The molecule has 0 radical (unpaired) electrons. The molecular weight excluding hydrogens is 329 g/mol. The van der Waals surface area contributed by atoms with Gasteiger partial charge in [0.25, 0.3) is 0 Å². The predicted octanol–water partition coefficient (Wildman–Crippen LogP) is 2.78. The van der Waals surface area contributed by atoms with E-state index in [1.807, 2.05) is 10.3 Å². The highest BCUT2D eigenvalue weighted by molar-refractivity contribution is 7.09. The lowest BCUT2D eigenvalue weighted by atomic mass is 9.98. The first-order chi connectivity index (χ1) is 8.91. The van der Waals surface area contributed by atoms with Gasteiger partial charge < -0.3 is 10.6 Å². The first-order valence-corrected chi connectivity index (χ1v) is 7.74. The standard InChI is InChI=1S/C14H23N3OS.2ClH/c1-14(2,3)13-16-10(9-19-13)7-12(18)17-6-4-5-11(17)8-15;;/h9,11H,4-8,15H2,1-3H3;2*1H. The van der Waals surface area contributed by atoms with Crippen molar-refractivity contribution in [1.82, 2.24) is 9.88 Å². The fourth-order valence-electron chi connectivity index (χ4n) is 2.40. The molecule has 2 rings (SSSR count). The van der Waals surface area contributed by atoms with Gasteiger partial charge in [0.05, 0.1) is 17.1 Å². The summed E-state index contributed by atoms with van der Waals surface area (Å²) >= 11 is 1.64. The van der Waals surface area contributed by atoms with E-state index >= 15 is 0 Å². The van der Waals surface area contributed by atoms with Crippen LogP contribution in [0.1, 0.15) is 44.3 Å². The highest BCUT2D eigenvalue weighted by Gasteiger charge is 2.28. The molecule has 1 aromatic heterocycles. The largest absolute Gasteiger partial charge is 0.338 e. The highest BCUT2D eigenvalue weighted by Crippen LogP contribution is 2.26. The Bertz CT molecular complexity index is 459. The molecule has 1 aliphatic heterocycles. The van der Waals surface area contributed by atoms with Crippen LogP contribution in [-0.4, -0.2) is 34.9 Å². The molecule has 0 spiro atoms. The molecule has 1 unspecified atom stereocenters. The molecular formula is C14H25Cl2N3OS.